The molecule has 1 atom stereocenters. The molecule has 0 unspecified atom stereocenters. The molecule has 0 aliphatic carbocycles. The third kappa shape index (κ3) is 4.90. The number of halogens is 2. The second kappa shape index (κ2) is 8.43. The van der Waals surface area contributed by atoms with Crippen molar-refractivity contribution < 1.29 is 28.4 Å². The van der Waals surface area contributed by atoms with Gasteiger partial charge >= 0.3 is 0 Å². The van der Waals surface area contributed by atoms with Gasteiger partial charge in [-0.2, -0.15) is 0 Å². The van der Waals surface area contributed by atoms with E-state index in [1.165, 1.54) is 20.3 Å². The molecular formula is C18H21F2N2O3+. The third-order valence-electron chi connectivity index (χ3n) is 3.79. The van der Waals surface area contributed by atoms with Crippen LogP contribution in [0.15, 0.2) is 36.4 Å². The molecule has 0 spiro atoms. The Morgan fingerprint density at radius 2 is 1.80 bits per heavy atom. The third-order valence-corrected chi connectivity index (χ3v) is 3.79. The standard InChI is InChI=1S/C18H20F2N2O3/c1-11(12-4-6-14(19)15(20)8-12)21-10-18(23)22-13-5-7-16(24-2)17(9-13)25-3/h4-9,11,21H,10H2,1-3H3,(H,22,23)/p+1/t11-/m0/s1. The molecule has 0 bridgehead atoms. The SMILES string of the molecule is COc1ccc(NC(=O)C[NH2+][C@@H](C)c2ccc(F)c(F)c2)cc1OC. The van der Waals surface area contributed by atoms with Gasteiger partial charge in [0, 0.05) is 17.3 Å². The number of rotatable bonds is 7. The molecule has 0 heterocycles. The van der Waals surface area contributed by atoms with E-state index in [-0.39, 0.29) is 18.5 Å². The number of hydrogen-bond acceptors (Lipinski definition) is 3. The minimum atomic E-state index is -0.896. The van der Waals surface area contributed by atoms with E-state index >= 15 is 0 Å². The molecule has 134 valence electrons. The van der Waals surface area contributed by atoms with Crippen LogP contribution in [-0.4, -0.2) is 26.7 Å². The number of anilines is 1. The number of nitrogens with one attached hydrogen (secondary N) is 1. The van der Waals surface area contributed by atoms with Crippen molar-refractivity contribution in [2.45, 2.75) is 13.0 Å². The van der Waals surface area contributed by atoms with Crippen molar-refractivity contribution >= 4 is 11.6 Å². The van der Waals surface area contributed by atoms with Gasteiger partial charge in [0.2, 0.25) is 0 Å². The summed E-state index contributed by atoms with van der Waals surface area (Å²) >= 11 is 0. The van der Waals surface area contributed by atoms with E-state index in [1.54, 1.807) is 23.5 Å². The van der Waals surface area contributed by atoms with Gasteiger partial charge in [-0.25, -0.2) is 8.78 Å². The molecule has 0 saturated carbocycles. The molecule has 0 aromatic heterocycles. The van der Waals surface area contributed by atoms with E-state index in [1.807, 2.05) is 6.92 Å². The summed E-state index contributed by atoms with van der Waals surface area (Å²) in [5, 5.41) is 4.49. The van der Waals surface area contributed by atoms with Crippen LogP contribution in [0, 0.1) is 11.6 Å². The van der Waals surface area contributed by atoms with Crippen molar-refractivity contribution in [3.05, 3.63) is 53.6 Å². The number of amides is 1. The lowest BCUT2D eigenvalue weighted by Gasteiger charge is -2.13. The summed E-state index contributed by atoms with van der Waals surface area (Å²) < 4.78 is 36.6. The molecule has 0 aliphatic rings. The van der Waals surface area contributed by atoms with Crippen LogP contribution in [0.3, 0.4) is 0 Å². The second-order valence-electron chi connectivity index (χ2n) is 5.52. The molecule has 25 heavy (non-hydrogen) atoms. The zero-order valence-corrected chi connectivity index (χ0v) is 14.3. The number of nitrogens with two attached hydrogens (primary N) is 1. The Labute approximate surface area is 144 Å². The molecular weight excluding hydrogens is 330 g/mol. The zero-order chi connectivity index (χ0) is 18.4. The summed E-state index contributed by atoms with van der Waals surface area (Å²) in [4.78, 5) is 12.1. The summed E-state index contributed by atoms with van der Waals surface area (Å²) in [7, 11) is 3.05. The van der Waals surface area contributed by atoms with Gasteiger partial charge in [-0.15, -0.1) is 0 Å². The zero-order valence-electron chi connectivity index (χ0n) is 14.3. The minimum Gasteiger partial charge on any atom is -0.493 e. The van der Waals surface area contributed by atoms with Crippen LogP contribution in [0.1, 0.15) is 18.5 Å². The van der Waals surface area contributed by atoms with Gasteiger partial charge < -0.3 is 20.1 Å². The van der Waals surface area contributed by atoms with Crippen molar-refractivity contribution in [2.24, 2.45) is 0 Å². The normalized spacial score (nSPS) is 11.7. The molecule has 2 aromatic carbocycles. The van der Waals surface area contributed by atoms with Gasteiger partial charge in [-0.1, -0.05) is 0 Å². The number of carbonyl (C=O) groups excluding carboxylic acids is 1. The molecule has 2 aromatic rings. The van der Waals surface area contributed by atoms with Gasteiger partial charge in [0.1, 0.15) is 6.04 Å². The Kier molecular flexibility index (Phi) is 6.30. The average molecular weight is 351 g/mol. The van der Waals surface area contributed by atoms with E-state index in [2.05, 4.69) is 5.32 Å². The molecule has 3 N–H and O–H groups in total. The summed E-state index contributed by atoms with van der Waals surface area (Å²) in [6.07, 6.45) is 0. The van der Waals surface area contributed by atoms with Crippen LogP contribution in [0.5, 0.6) is 11.5 Å². The van der Waals surface area contributed by atoms with Crippen LogP contribution < -0.4 is 20.1 Å². The largest absolute Gasteiger partial charge is 0.493 e. The highest BCUT2D eigenvalue weighted by Crippen LogP contribution is 2.29. The number of hydrogen-bond donors (Lipinski definition) is 2. The quantitative estimate of drug-likeness (QED) is 0.804. The molecule has 0 saturated heterocycles. The number of methoxy groups -OCH3 is 2. The van der Waals surface area contributed by atoms with E-state index in [0.29, 0.717) is 22.7 Å². The lowest BCUT2D eigenvalue weighted by Crippen LogP contribution is -2.86. The number of benzene rings is 2. The van der Waals surface area contributed by atoms with E-state index in [9.17, 15) is 13.6 Å². The molecule has 0 fully saturated rings. The van der Waals surface area contributed by atoms with Crippen molar-refractivity contribution in [1.82, 2.24) is 0 Å². The lowest BCUT2D eigenvalue weighted by molar-refractivity contribution is -0.682. The number of ether oxygens (including phenoxy) is 2. The monoisotopic (exact) mass is 351 g/mol. The first-order valence-corrected chi connectivity index (χ1v) is 7.74. The highest BCUT2D eigenvalue weighted by Gasteiger charge is 2.14. The molecule has 0 radical (unpaired) electrons. The fourth-order valence-corrected chi connectivity index (χ4v) is 2.34. The summed E-state index contributed by atoms with van der Waals surface area (Å²) in [5.41, 5.74) is 1.19. The predicted octanol–water partition coefficient (Wildman–Crippen LogP) is 2.25. The lowest BCUT2D eigenvalue weighted by atomic mass is 10.1. The van der Waals surface area contributed by atoms with E-state index in [0.717, 1.165) is 12.1 Å². The highest BCUT2D eigenvalue weighted by atomic mass is 19.2. The van der Waals surface area contributed by atoms with Crippen LogP contribution >= 0.6 is 0 Å². The second-order valence-corrected chi connectivity index (χ2v) is 5.52. The fraction of sp³-hybridized carbons (Fsp3) is 0.278. The summed E-state index contributed by atoms with van der Waals surface area (Å²) in [6.45, 7) is 1.95. The van der Waals surface area contributed by atoms with Crippen molar-refractivity contribution in [3.8, 4) is 11.5 Å². The van der Waals surface area contributed by atoms with Gasteiger partial charge in [0.15, 0.2) is 29.7 Å². The van der Waals surface area contributed by atoms with Gasteiger partial charge in [0.25, 0.3) is 5.91 Å². The maximum atomic E-state index is 13.3. The minimum absolute atomic E-state index is 0.133. The van der Waals surface area contributed by atoms with Crippen LogP contribution in [0.25, 0.3) is 0 Å². The van der Waals surface area contributed by atoms with Crippen molar-refractivity contribution in [1.29, 1.82) is 0 Å². The summed E-state index contributed by atoms with van der Waals surface area (Å²) in [5.74, 6) is -0.921. The Balaban J connectivity index is 1.93. The highest BCUT2D eigenvalue weighted by molar-refractivity contribution is 5.91. The molecule has 5 nitrogen and oxygen atoms in total. The maximum absolute atomic E-state index is 13.3. The van der Waals surface area contributed by atoms with Crippen LogP contribution in [0.4, 0.5) is 14.5 Å². The van der Waals surface area contributed by atoms with Gasteiger partial charge in [-0.3, -0.25) is 4.79 Å². The van der Waals surface area contributed by atoms with E-state index in [4.69, 9.17) is 9.47 Å². The first-order chi connectivity index (χ1) is 11.9. The Hall–Kier alpha value is -2.67. The van der Waals surface area contributed by atoms with E-state index < -0.39 is 11.6 Å². The van der Waals surface area contributed by atoms with Gasteiger partial charge in [-0.05, 0) is 37.3 Å². The van der Waals surface area contributed by atoms with Crippen molar-refractivity contribution in [3.63, 3.8) is 0 Å². The Morgan fingerprint density at radius 3 is 2.44 bits per heavy atom. The smallest absolute Gasteiger partial charge is 0.279 e. The summed E-state index contributed by atoms with van der Waals surface area (Å²) in [6, 6.07) is 8.61. The Morgan fingerprint density at radius 1 is 1.08 bits per heavy atom. The van der Waals surface area contributed by atoms with Crippen LogP contribution in [0.2, 0.25) is 0 Å². The molecule has 1 amide bonds. The number of quaternary nitrogens is 1. The van der Waals surface area contributed by atoms with Crippen molar-refractivity contribution in [2.75, 3.05) is 26.1 Å². The topological polar surface area (TPSA) is 64.2 Å². The Bertz CT molecular complexity index is 753. The van der Waals surface area contributed by atoms with Crippen LogP contribution in [-0.2, 0) is 4.79 Å². The predicted molar refractivity (Wildman–Crippen MR) is 89.7 cm³/mol. The molecule has 7 heteroatoms. The fourth-order valence-electron chi connectivity index (χ4n) is 2.34. The first kappa shape index (κ1) is 18.7. The first-order valence-electron chi connectivity index (χ1n) is 7.74. The maximum Gasteiger partial charge on any atom is 0.279 e. The van der Waals surface area contributed by atoms with Gasteiger partial charge in [0.05, 0.1) is 14.2 Å². The number of carbonyl (C=O) groups is 1. The average Bonchev–Trinajstić information content (AvgIpc) is 2.61. The molecule has 0 aliphatic heterocycles. The molecule has 2 rings (SSSR count).